The highest BCUT2D eigenvalue weighted by Crippen LogP contribution is 2.35. The van der Waals surface area contributed by atoms with Gasteiger partial charge in [0.15, 0.2) is 0 Å². The molecule has 2 aromatic carbocycles. The molecule has 0 fully saturated rings. The molecule has 2 aromatic rings. The number of carbonyl (C=O) groups is 1. The molecule has 1 aliphatic heterocycles. The van der Waals surface area contributed by atoms with Gasteiger partial charge in [0.1, 0.15) is 17.2 Å². The van der Waals surface area contributed by atoms with E-state index in [4.69, 9.17) is 0 Å². The van der Waals surface area contributed by atoms with Gasteiger partial charge in [-0.25, -0.2) is 8.78 Å². The summed E-state index contributed by atoms with van der Waals surface area (Å²) < 4.78 is 27.5. The summed E-state index contributed by atoms with van der Waals surface area (Å²) in [4.78, 5) is 14.8. The fourth-order valence-electron chi connectivity index (χ4n) is 2.22. The number of anilines is 1. The van der Waals surface area contributed by atoms with E-state index >= 15 is 0 Å². The molecule has 1 aliphatic rings. The van der Waals surface area contributed by atoms with Gasteiger partial charge in [-0.3, -0.25) is 4.79 Å². The number of fused-ring (bicyclic) bond motifs is 1. The van der Waals surface area contributed by atoms with Gasteiger partial charge < -0.3 is 4.90 Å². The van der Waals surface area contributed by atoms with Crippen molar-refractivity contribution in [1.29, 1.82) is 0 Å². The molecule has 1 amide bonds. The molecule has 0 aliphatic carbocycles. The van der Waals surface area contributed by atoms with E-state index in [1.165, 1.54) is 11.0 Å². The number of halogens is 2. The molecular formula is C15H11F2NOS. The number of thioether (sulfide) groups is 1. The molecule has 20 heavy (non-hydrogen) atoms. The first-order chi connectivity index (χ1) is 9.68. The predicted octanol–water partition coefficient (Wildman–Crippen LogP) is 3.72. The minimum Gasteiger partial charge on any atom is -0.306 e. The SMILES string of the molecule is O=C(c1c(F)cccc1F)N1CCSc2ccccc21. The number of hydrogen-bond donors (Lipinski definition) is 0. The van der Waals surface area contributed by atoms with Crippen LogP contribution in [0.4, 0.5) is 14.5 Å². The Morgan fingerprint density at radius 1 is 1.05 bits per heavy atom. The van der Waals surface area contributed by atoms with Crippen LogP contribution < -0.4 is 4.90 Å². The third-order valence-electron chi connectivity index (χ3n) is 3.15. The molecule has 0 saturated heterocycles. The van der Waals surface area contributed by atoms with Crippen LogP contribution in [0.2, 0.25) is 0 Å². The average Bonchev–Trinajstić information content (AvgIpc) is 2.46. The lowest BCUT2D eigenvalue weighted by atomic mass is 10.1. The summed E-state index contributed by atoms with van der Waals surface area (Å²) >= 11 is 1.63. The van der Waals surface area contributed by atoms with Crippen molar-refractivity contribution >= 4 is 23.4 Å². The van der Waals surface area contributed by atoms with Gasteiger partial charge in [0, 0.05) is 17.2 Å². The van der Waals surface area contributed by atoms with E-state index in [1.54, 1.807) is 17.8 Å². The molecule has 102 valence electrons. The standard InChI is InChI=1S/C15H11F2NOS/c16-10-4-3-5-11(17)14(10)15(19)18-8-9-20-13-7-2-1-6-12(13)18/h1-7H,8-9H2. The van der Waals surface area contributed by atoms with Crippen molar-refractivity contribution in [2.45, 2.75) is 4.90 Å². The van der Waals surface area contributed by atoms with Gasteiger partial charge in [-0.1, -0.05) is 18.2 Å². The van der Waals surface area contributed by atoms with E-state index in [-0.39, 0.29) is 0 Å². The zero-order chi connectivity index (χ0) is 14.1. The molecule has 0 aromatic heterocycles. The Hall–Kier alpha value is -1.88. The highest BCUT2D eigenvalue weighted by atomic mass is 32.2. The molecule has 0 bridgehead atoms. The summed E-state index contributed by atoms with van der Waals surface area (Å²) in [6.45, 7) is 0.439. The zero-order valence-electron chi connectivity index (χ0n) is 10.5. The van der Waals surface area contributed by atoms with Gasteiger partial charge >= 0.3 is 0 Å². The van der Waals surface area contributed by atoms with Crippen molar-refractivity contribution in [1.82, 2.24) is 0 Å². The zero-order valence-corrected chi connectivity index (χ0v) is 11.3. The van der Waals surface area contributed by atoms with Crippen LogP contribution in [0, 0.1) is 11.6 Å². The molecule has 0 atom stereocenters. The van der Waals surface area contributed by atoms with Crippen molar-refractivity contribution < 1.29 is 13.6 Å². The van der Waals surface area contributed by atoms with Crippen molar-refractivity contribution in [2.24, 2.45) is 0 Å². The third-order valence-corrected chi connectivity index (χ3v) is 4.19. The van der Waals surface area contributed by atoms with Crippen molar-refractivity contribution in [2.75, 3.05) is 17.2 Å². The summed E-state index contributed by atoms with van der Waals surface area (Å²) in [6, 6.07) is 10.8. The third kappa shape index (κ3) is 2.18. The number of benzene rings is 2. The summed E-state index contributed by atoms with van der Waals surface area (Å²) in [5.74, 6) is -1.58. The fourth-order valence-corrected chi connectivity index (χ4v) is 3.21. The smallest absolute Gasteiger partial charge is 0.264 e. The van der Waals surface area contributed by atoms with Crippen molar-refractivity contribution in [3.05, 3.63) is 59.7 Å². The maximum absolute atomic E-state index is 13.7. The van der Waals surface area contributed by atoms with Crippen LogP contribution in [0.3, 0.4) is 0 Å². The molecule has 5 heteroatoms. The monoisotopic (exact) mass is 291 g/mol. The van der Waals surface area contributed by atoms with Crippen LogP contribution in [0.25, 0.3) is 0 Å². The fraction of sp³-hybridized carbons (Fsp3) is 0.133. The summed E-state index contributed by atoms with van der Waals surface area (Å²) in [6.07, 6.45) is 0. The largest absolute Gasteiger partial charge is 0.306 e. The maximum atomic E-state index is 13.7. The number of para-hydroxylation sites is 1. The van der Waals surface area contributed by atoms with Crippen LogP contribution in [-0.2, 0) is 0 Å². The van der Waals surface area contributed by atoms with E-state index in [0.29, 0.717) is 18.0 Å². The highest BCUT2D eigenvalue weighted by Gasteiger charge is 2.27. The van der Waals surface area contributed by atoms with Crippen molar-refractivity contribution in [3.8, 4) is 0 Å². The van der Waals surface area contributed by atoms with Gasteiger partial charge in [-0.2, -0.15) is 0 Å². The lowest BCUT2D eigenvalue weighted by Gasteiger charge is -2.29. The molecule has 0 saturated carbocycles. The predicted molar refractivity (Wildman–Crippen MR) is 75.2 cm³/mol. The molecule has 0 spiro atoms. The molecule has 1 heterocycles. The van der Waals surface area contributed by atoms with Crippen molar-refractivity contribution in [3.63, 3.8) is 0 Å². The Kier molecular flexibility index (Phi) is 3.44. The Balaban J connectivity index is 2.05. The van der Waals surface area contributed by atoms with Crippen LogP contribution in [0.1, 0.15) is 10.4 Å². The Bertz CT molecular complexity index is 654. The topological polar surface area (TPSA) is 20.3 Å². The number of amides is 1. The van der Waals surface area contributed by atoms with Crippen LogP contribution in [-0.4, -0.2) is 18.2 Å². The van der Waals surface area contributed by atoms with Crippen LogP contribution in [0.15, 0.2) is 47.4 Å². The average molecular weight is 291 g/mol. The van der Waals surface area contributed by atoms with Gasteiger partial charge in [0.05, 0.1) is 5.69 Å². The first-order valence-corrected chi connectivity index (χ1v) is 7.15. The Morgan fingerprint density at radius 2 is 1.75 bits per heavy atom. The number of hydrogen-bond acceptors (Lipinski definition) is 2. The van der Waals surface area contributed by atoms with E-state index in [1.807, 2.05) is 18.2 Å². The number of rotatable bonds is 1. The molecule has 0 N–H and O–H groups in total. The quantitative estimate of drug-likeness (QED) is 0.798. The minimum atomic E-state index is -0.828. The Labute approximate surface area is 119 Å². The first-order valence-electron chi connectivity index (χ1n) is 6.16. The lowest BCUT2D eigenvalue weighted by Crippen LogP contribution is -2.36. The van der Waals surface area contributed by atoms with E-state index in [0.717, 1.165) is 17.0 Å². The van der Waals surface area contributed by atoms with Gasteiger partial charge in [0.2, 0.25) is 0 Å². The second kappa shape index (κ2) is 5.25. The number of nitrogens with zero attached hydrogens (tertiary/aromatic N) is 1. The maximum Gasteiger partial charge on any atom is 0.264 e. The lowest BCUT2D eigenvalue weighted by molar-refractivity contribution is 0.0979. The van der Waals surface area contributed by atoms with E-state index < -0.39 is 23.1 Å². The normalized spacial score (nSPS) is 14.0. The van der Waals surface area contributed by atoms with E-state index in [2.05, 4.69) is 0 Å². The molecule has 0 unspecified atom stereocenters. The Morgan fingerprint density at radius 3 is 2.50 bits per heavy atom. The van der Waals surface area contributed by atoms with Gasteiger partial charge in [-0.15, -0.1) is 11.8 Å². The summed E-state index contributed by atoms with van der Waals surface area (Å²) in [5, 5.41) is 0. The number of carbonyl (C=O) groups excluding carboxylic acids is 1. The van der Waals surface area contributed by atoms with E-state index in [9.17, 15) is 13.6 Å². The molecule has 3 rings (SSSR count). The summed E-state index contributed by atoms with van der Waals surface area (Å²) in [5.41, 5.74) is 0.214. The highest BCUT2D eigenvalue weighted by molar-refractivity contribution is 7.99. The van der Waals surface area contributed by atoms with Gasteiger partial charge in [-0.05, 0) is 24.3 Å². The molecule has 2 nitrogen and oxygen atoms in total. The second-order valence-corrected chi connectivity index (χ2v) is 5.51. The second-order valence-electron chi connectivity index (χ2n) is 4.37. The van der Waals surface area contributed by atoms with Crippen LogP contribution in [0.5, 0.6) is 0 Å². The van der Waals surface area contributed by atoms with Crippen LogP contribution >= 0.6 is 11.8 Å². The molecule has 0 radical (unpaired) electrons. The minimum absolute atomic E-state index is 0.439. The summed E-state index contributed by atoms with van der Waals surface area (Å²) in [7, 11) is 0. The van der Waals surface area contributed by atoms with Gasteiger partial charge in [0.25, 0.3) is 5.91 Å². The molecular weight excluding hydrogens is 280 g/mol. The first kappa shape index (κ1) is 13.1.